The van der Waals surface area contributed by atoms with Crippen molar-refractivity contribution in [3.05, 3.63) is 51.0 Å². The zero-order valence-corrected chi connectivity index (χ0v) is 8.85. The Morgan fingerprint density at radius 1 is 1.47 bits per heavy atom. The van der Waals surface area contributed by atoms with Crippen molar-refractivity contribution in [1.29, 1.82) is 0 Å². The van der Waals surface area contributed by atoms with Gasteiger partial charge in [-0.05, 0) is 17.7 Å². The lowest BCUT2D eigenvalue weighted by Crippen LogP contribution is -1.98. The topological polar surface area (TPSA) is 96.8 Å². The van der Waals surface area contributed by atoms with Gasteiger partial charge in [0.05, 0.1) is 4.92 Å². The second kappa shape index (κ2) is 4.54. The Labute approximate surface area is 96.0 Å². The van der Waals surface area contributed by atoms with Gasteiger partial charge in [-0.15, -0.1) is 0 Å². The quantitative estimate of drug-likeness (QED) is 0.266. The number of nitrogens with zero attached hydrogens (tertiary/aromatic N) is 5. The first-order chi connectivity index (χ1) is 8.22. The first-order valence-corrected chi connectivity index (χ1v) is 4.96. The van der Waals surface area contributed by atoms with Crippen molar-refractivity contribution in [3.8, 4) is 0 Å². The van der Waals surface area contributed by atoms with Crippen molar-refractivity contribution in [2.75, 3.05) is 6.54 Å². The van der Waals surface area contributed by atoms with Gasteiger partial charge in [0.15, 0.2) is 0 Å². The Morgan fingerprint density at radius 2 is 2.29 bits per heavy atom. The number of aromatic nitrogens is 1. The molecule has 1 aromatic carbocycles. The Kier molecular flexibility index (Phi) is 2.93. The number of benzene rings is 1. The van der Waals surface area contributed by atoms with Gasteiger partial charge in [-0.3, -0.25) is 10.1 Å². The van der Waals surface area contributed by atoms with E-state index in [1.165, 1.54) is 12.1 Å². The molecule has 0 saturated heterocycles. The van der Waals surface area contributed by atoms with Crippen LogP contribution in [0.3, 0.4) is 0 Å². The third kappa shape index (κ3) is 2.19. The highest BCUT2D eigenvalue weighted by molar-refractivity contribution is 5.82. The van der Waals surface area contributed by atoms with Crippen molar-refractivity contribution in [3.63, 3.8) is 0 Å². The van der Waals surface area contributed by atoms with E-state index < -0.39 is 4.92 Å². The molecule has 0 saturated carbocycles. The summed E-state index contributed by atoms with van der Waals surface area (Å²) in [5, 5.41) is 14.9. The van der Waals surface area contributed by atoms with Crippen molar-refractivity contribution >= 4 is 16.6 Å². The summed E-state index contributed by atoms with van der Waals surface area (Å²) in [6.07, 6.45) is 1.82. The smallest absolute Gasteiger partial charge is 0.270 e. The number of non-ortho nitro benzene ring substituents is 1. The highest BCUT2D eigenvalue weighted by Crippen LogP contribution is 2.21. The molecule has 0 N–H and O–H groups in total. The molecule has 0 atom stereocenters. The van der Waals surface area contributed by atoms with E-state index in [0.717, 1.165) is 10.9 Å². The molecule has 7 nitrogen and oxygen atoms in total. The van der Waals surface area contributed by atoms with Crippen molar-refractivity contribution in [2.45, 2.75) is 6.54 Å². The summed E-state index contributed by atoms with van der Waals surface area (Å²) in [6.45, 7) is 0.919. The molecule has 0 spiro atoms. The molecule has 0 fully saturated rings. The van der Waals surface area contributed by atoms with Gasteiger partial charge in [-0.2, -0.15) is 0 Å². The zero-order valence-electron chi connectivity index (χ0n) is 8.85. The molecule has 2 aromatic rings. The van der Waals surface area contributed by atoms with Crippen LogP contribution >= 0.6 is 0 Å². The molecule has 17 heavy (non-hydrogen) atoms. The largest absolute Gasteiger partial charge is 0.347 e. The lowest BCUT2D eigenvalue weighted by Gasteiger charge is -2.01. The van der Waals surface area contributed by atoms with Crippen LogP contribution in [0.4, 0.5) is 5.69 Å². The third-order valence-electron chi connectivity index (χ3n) is 2.47. The number of nitro groups is 1. The van der Waals surface area contributed by atoms with E-state index in [0.29, 0.717) is 13.1 Å². The molecule has 0 radical (unpaired) electrons. The molecular weight excluding hydrogens is 222 g/mol. The number of hydrogen-bond acceptors (Lipinski definition) is 3. The van der Waals surface area contributed by atoms with Crippen LogP contribution in [-0.4, -0.2) is 16.0 Å². The van der Waals surface area contributed by atoms with Gasteiger partial charge in [-0.1, -0.05) is 5.11 Å². The van der Waals surface area contributed by atoms with Gasteiger partial charge in [0.25, 0.3) is 5.69 Å². The second-order valence-electron chi connectivity index (χ2n) is 3.46. The minimum Gasteiger partial charge on any atom is -0.347 e. The molecule has 0 aliphatic heterocycles. The second-order valence-corrected chi connectivity index (χ2v) is 3.46. The number of azide groups is 1. The van der Waals surface area contributed by atoms with E-state index >= 15 is 0 Å². The monoisotopic (exact) mass is 231 g/mol. The lowest BCUT2D eigenvalue weighted by molar-refractivity contribution is -0.384. The number of hydrogen-bond donors (Lipinski definition) is 0. The Bertz CT molecular complexity index is 612. The Morgan fingerprint density at radius 3 is 3.00 bits per heavy atom. The van der Waals surface area contributed by atoms with Crippen LogP contribution in [0, 0.1) is 10.1 Å². The first kappa shape index (κ1) is 11.0. The minimum atomic E-state index is -0.420. The van der Waals surface area contributed by atoms with Gasteiger partial charge in [0.2, 0.25) is 0 Å². The van der Waals surface area contributed by atoms with Gasteiger partial charge in [-0.25, -0.2) is 0 Å². The van der Waals surface area contributed by atoms with E-state index in [4.69, 9.17) is 5.53 Å². The summed E-state index contributed by atoms with van der Waals surface area (Å²) in [5.41, 5.74) is 9.15. The number of rotatable bonds is 4. The van der Waals surface area contributed by atoms with E-state index in [9.17, 15) is 10.1 Å². The standard InChI is InChI=1S/C10H9N5O2/c11-13-12-4-6-14-5-3-8-7-9(15(16)17)1-2-10(8)14/h1-3,5,7H,4,6H2. The van der Waals surface area contributed by atoms with E-state index in [1.54, 1.807) is 12.1 Å². The fraction of sp³-hybridized carbons (Fsp3) is 0.200. The highest BCUT2D eigenvalue weighted by Gasteiger charge is 2.08. The van der Waals surface area contributed by atoms with Crippen molar-refractivity contribution < 1.29 is 4.92 Å². The van der Waals surface area contributed by atoms with Crippen LogP contribution in [0.5, 0.6) is 0 Å². The number of fused-ring (bicyclic) bond motifs is 1. The van der Waals surface area contributed by atoms with E-state index in [2.05, 4.69) is 10.0 Å². The average Bonchev–Trinajstić information content (AvgIpc) is 2.72. The van der Waals surface area contributed by atoms with Crippen LogP contribution < -0.4 is 0 Å². The minimum absolute atomic E-state index is 0.0743. The SMILES string of the molecule is [N-]=[N+]=NCCn1ccc2cc([N+](=O)[O-])ccc21. The van der Waals surface area contributed by atoms with Crippen LogP contribution in [0.1, 0.15) is 0 Å². The van der Waals surface area contributed by atoms with Crippen LogP contribution in [0.15, 0.2) is 35.6 Å². The highest BCUT2D eigenvalue weighted by atomic mass is 16.6. The lowest BCUT2D eigenvalue weighted by atomic mass is 10.2. The maximum absolute atomic E-state index is 10.6. The molecule has 0 aliphatic carbocycles. The molecule has 1 heterocycles. The van der Waals surface area contributed by atoms with Gasteiger partial charge >= 0.3 is 0 Å². The summed E-state index contributed by atoms with van der Waals surface area (Å²) in [4.78, 5) is 12.9. The maximum atomic E-state index is 10.6. The summed E-state index contributed by atoms with van der Waals surface area (Å²) >= 11 is 0. The normalized spacial score (nSPS) is 10.1. The Balaban J connectivity index is 2.34. The summed E-state index contributed by atoms with van der Waals surface area (Å²) in [6, 6.07) is 6.49. The molecule has 0 amide bonds. The van der Waals surface area contributed by atoms with Gasteiger partial charge in [0, 0.05) is 47.2 Å². The average molecular weight is 231 g/mol. The molecule has 7 heteroatoms. The molecule has 86 valence electrons. The van der Waals surface area contributed by atoms with Crippen LogP contribution in [0.25, 0.3) is 21.3 Å². The van der Waals surface area contributed by atoms with Crippen molar-refractivity contribution in [1.82, 2.24) is 4.57 Å². The Hall–Kier alpha value is -2.53. The maximum Gasteiger partial charge on any atom is 0.270 e. The zero-order chi connectivity index (χ0) is 12.3. The summed E-state index contributed by atoms with van der Waals surface area (Å²) in [7, 11) is 0. The van der Waals surface area contributed by atoms with Crippen LogP contribution in [-0.2, 0) is 6.54 Å². The molecule has 0 bridgehead atoms. The van der Waals surface area contributed by atoms with Gasteiger partial charge < -0.3 is 4.57 Å². The van der Waals surface area contributed by atoms with E-state index in [-0.39, 0.29) is 5.69 Å². The fourth-order valence-electron chi connectivity index (χ4n) is 1.69. The van der Waals surface area contributed by atoms with E-state index in [1.807, 2.05) is 10.8 Å². The van der Waals surface area contributed by atoms with Crippen molar-refractivity contribution in [2.24, 2.45) is 5.11 Å². The molecule has 0 unspecified atom stereocenters. The number of nitro benzene ring substituents is 1. The first-order valence-electron chi connectivity index (χ1n) is 4.96. The fourth-order valence-corrected chi connectivity index (χ4v) is 1.69. The predicted molar refractivity (Wildman–Crippen MR) is 62.6 cm³/mol. The van der Waals surface area contributed by atoms with Crippen LogP contribution in [0.2, 0.25) is 0 Å². The molecule has 0 aliphatic rings. The third-order valence-corrected chi connectivity index (χ3v) is 2.47. The summed E-state index contributed by atoms with van der Waals surface area (Å²) in [5.74, 6) is 0. The summed E-state index contributed by atoms with van der Waals surface area (Å²) < 4.78 is 1.90. The molecule has 2 rings (SSSR count). The van der Waals surface area contributed by atoms with Gasteiger partial charge in [0.1, 0.15) is 0 Å². The molecule has 1 aromatic heterocycles. The molecular formula is C10H9N5O2. The predicted octanol–water partition coefficient (Wildman–Crippen LogP) is 2.86.